The number of fused-ring (bicyclic) bond motifs is 1. The number of nitrogens with one attached hydrogen (secondary N) is 2. The molecule has 3 rings (SSSR count). The summed E-state index contributed by atoms with van der Waals surface area (Å²) in [6, 6.07) is 2.08. The van der Waals surface area contributed by atoms with Crippen LogP contribution in [-0.2, 0) is 6.54 Å². The third kappa shape index (κ3) is 3.43. The van der Waals surface area contributed by atoms with Gasteiger partial charge in [-0.2, -0.15) is 0 Å². The maximum Gasteiger partial charge on any atom is 0.191 e. The van der Waals surface area contributed by atoms with Gasteiger partial charge in [0.1, 0.15) is 5.65 Å². The van der Waals surface area contributed by atoms with Crippen LogP contribution in [0, 0.1) is 6.92 Å². The monoisotopic (exact) mass is 449 g/mol. The second-order valence-electron chi connectivity index (χ2n) is 4.67. The molecule has 0 unspecified atom stereocenters. The van der Waals surface area contributed by atoms with Crippen LogP contribution in [-0.4, -0.2) is 28.4 Å². The first-order valence-corrected chi connectivity index (χ1v) is 7.17. The summed E-state index contributed by atoms with van der Waals surface area (Å²) in [5.41, 5.74) is 3.17. The van der Waals surface area contributed by atoms with Gasteiger partial charge in [-0.3, -0.25) is 4.99 Å². The molecule has 2 aromatic heterocycles. The van der Waals surface area contributed by atoms with E-state index in [-0.39, 0.29) is 24.0 Å². The van der Waals surface area contributed by atoms with E-state index < -0.39 is 0 Å². The number of nitrogens with zero attached hydrogens (tertiary/aromatic N) is 3. The highest BCUT2D eigenvalue weighted by Gasteiger charge is 2.07. The standard InChI is InChI=1S/C13H16BrN5.HI/c1-9-5-10(14)7-19-8-11(18-12(9)19)6-17-13-15-3-2-4-16-13;/h5,7-8H,2-4,6H2,1H3,(H2,15,16,17);1H. The van der Waals surface area contributed by atoms with Gasteiger partial charge in [0.15, 0.2) is 5.96 Å². The van der Waals surface area contributed by atoms with Crippen molar-refractivity contribution in [1.29, 1.82) is 0 Å². The van der Waals surface area contributed by atoms with Crippen LogP contribution in [0.25, 0.3) is 5.65 Å². The zero-order chi connectivity index (χ0) is 13.2. The van der Waals surface area contributed by atoms with E-state index in [4.69, 9.17) is 0 Å². The second kappa shape index (κ2) is 6.75. The summed E-state index contributed by atoms with van der Waals surface area (Å²) in [6.07, 6.45) is 5.17. The number of hydrogen-bond acceptors (Lipinski definition) is 4. The average molecular weight is 450 g/mol. The summed E-state index contributed by atoms with van der Waals surface area (Å²) < 4.78 is 3.11. The number of hydrogen-bond donors (Lipinski definition) is 2. The summed E-state index contributed by atoms with van der Waals surface area (Å²) in [5.74, 6) is 0.876. The lowest BCUT2D eigenvalue weighted by Gasteiger charge is -2.15. The first-order valence-electron chi connectivity index (χ1n) is 6.38. The Hall–Kier alpha value is -0.830. The normalized spacial score (nSPS) is 14.4. The molecule has 20 heavy (non-hydrogen) atoms. The van der Waals surface area contributed by atoms with E-state index in [1.165, 1.54) is 0 Å². The summed E-state index contributed by atoms with van der Waals surface area (Å²) in [7, 11) is 0. The van der Waals surface area contributed by atoms with Crippen molar-refractivity contribution in [1.82, 2.24) is 20.0 Å². The molecule has 0 amide bonds. The predicted octanol–water partition coefficient (Wildman–Crippen LogP) is 2.46. The van der Waals surface area contributed by atoms with Crippen LogP contribution < -0.4 is 10.6 Å². The number of aliphatic imine (C=N–C) groups is 1. The Kier molecular flexibility index (Phi) is 5.25. The van der Waals surface area contributed by atoms with Gasteiger partial charge in [0.2, 0.25) is 0 Å². The molecule has 0 spiro atoms. The number of aromatic nitrogens is 2. The predicted molar refractivity (Wildman–Crippen MR) is 94.8 cm³/mol. The maximum atomic E-state index is 4.63. The summed E-state index contributed by atoms with van der Waals surface area (Å²) in [5, 5.41) is 6.52. The molecule has 0 atom stereocenters. The van der Waals surface area contributed by atoms with Crippen LogP contribution in [0.15, 0.2) is 27.9 Å². The average Bonchev–Trinajstić information content (AvgIpc) is 2.81. The minimum absolute atomic E-state index is 0. The molecule has 108 valence electrons. The van der Waals surface area contributed by atoms with Crippen LogP contribution in [0.4, 0.5) is 0 Å². The molecule has 3 heterocycles. The minimum atomic E-state index is 0. The van der Waals surface area contributed by atoms with Gasteiger partial charge >= 0.3 is 0 Å². The van der Waals surface area contributed by atoms with Gasteiger partial charge in [-0.25, -0.2) is 4.98 Å². The van der Waals surface area contributed by atoms with E-state index in [1.54, 1.807) is 0 Å². The Balaban J connectivity index is 0.00000147. The number of rotatable bonds is 2. The van der Waals surface area contributed by atoms with E-state index in [1.807, 2.05) is 16.8 Å². The molecule has 2 N–H and O–H groups in total. The molecular weight excluding hydrogens is 433 g/mol. The topological polar surface area (TPSA) is 53.7 Å². The summed E-state index contributed by atoms with van der Waals surface area (Å²) in [6.45, 7) is 4.64. The number of aryl methyl sites for hydroxylation is 1. The quantitative estimate of drug-likeness (QED) is 0.692. The fourth-order valence-electron chi connectivity index (χ4n) is 2.19. The first-order chi connectivity index (χ1) is 9.22. The van der Waals surface area contributed by atoms with E-state index in [0.717, 1.165) is 46.8 Å². The van der Waals surface area contributed by atoms with Gasteiger partial charge in [-0.1, -0.05) is 0 Å². The number of guanidine groups is 1. The highest BCUT2D eigenvalue weighted by molar-refractivity contribution is 14.0. The Morgan fingerprint density at radius 3 is 3.05 bits per heavy atom. The lowest BCUT2D eigenvalue weighted by molar-refractivity contribution is 0.699. The van der Waals surface area contributed by atoms with Gasteiger partial charge in [0.25, 0.3) is 0 Å². The summed E-state index contributed by atoms with van der Waals surface area (Å²) in [4.78, 5) is 9.02. The number of halogens is 2. The third-order valence-electron chi connectivity index (χ3n) is 3.09. The van der Waals surface area contributed by atoms with Gasteiger partial charge in [-0.15, -0.1) is 24.0 Å². The molecule has 0 bridgehead atoms. The first kappa shape index (κ1) is 15.6. The van der Waals surface area contributed by atoms with E-state index >= 15 is 0 Å². The van der Waals surface area contributed by atoms with Crippen molar-refractivity contribution in [2.75, 3.05) is 13.1 Å². The molecule has 7 heteroatoms. The molecule has 0 saturated heterocycles. The highest BCUT2D eigenvalue weighted by atomic mass is 127. The molecule has 0 fully saturated rings. The van der Waals surface area contributed by atoms with Gasteiger partial charge < -0.3 is 15.0 Å². The SMILES string of the molecule is Cc1cc(Br)cn2cc(CNC3=NCCCN3)nc12.I. The largest absolute Gasteiger partial charge is 0.356 e. The Labute approximate surface area is 143 Å². The Morgan fingerprint density at radius 2 is 2.30 bits per heavy atom. The molecule has 1 aliphatic rings. The molecule has 0 saturated carbocycles. The molecule has 5 nitrogen and oxygen atoms in total. The van der Waals surface area contributed by atoms with Crippen molar-refractivity contribution in [3.8, 4) is 0 Å². The fourth-order valence-corrected chi connectivity index (χ4v) is 2.75. The Morgan fingerprint density at radius 1 is 1.45 bits per heavy atom. The molecule has 2 aromatic rings. The second-order valence-corrected chi connectivity index (χ2v) is 5.58. The van der Waals surface area contributed by atoms with E-state index in [0.29, 0.717) is 6.54 Å². The van der Waals surface area contributed by atoms with Crippen LogP contribution >= 0.6 is 39.9 Å². The number of pyridine rings is 1. The summed E-state index contributed by atoms with van der Waals surface area (Å²) >= 11 is 3.50. The molecule has 0 aliphatic carbocycles. The smallest absolute Gasteiger partial charge is 0.191 e. The van der Waals surface area contributed by atoms with Crippen molar-refractivity contribution < 1.29 is 0 Å². The Bertz CT molecular complexity index is 637. The highest BCUT2D eigenvalue weighted by Crippen LogP contribution is 2.17. The van der Waals surface area contributed by atoms with Crippen molar-refractivity contribution in [2.24, 2.45) is 4.99 Å². The van der Waals surface area contributed by atoms with Gasteiger partial charge in [0, 0.05) is 30.0 Å². The van der Waals surface area contributed by atoms with Crippen molar-refractivity contribution >= 4 is 51.5 Å². The molecule has 1 aliphatic heterocycles. The van der Waals surface area contributed by atoms with Crippen LogP contribution in [0.5, 0.6) is 0 Å². The van der Waals surface area contributed by atoms with E-state index in [2.05, 4.69) is 49.5 Å². The maximum absolute atomic E-state index is 4.63. The molecule has 0 aromatic carbocycles. The fraction of sp³-hybridized carbons (Fsp3) is 0.385. The molecular formula is C13H17BrIN5. The van der Waals surface area contributed by atoms with Crippen molar-refractivity contribution in [3.05, 3.63) is 34.2 Å². The lowest BCUT2D eigenvalue weighted by atomic mass is 10.3. The number of imidazole rings is 1. The van der Waals surface area contributed by atoms with Crippen LogP contribution in [0.2, 0.25) is 0 Å². The third-order valence-corrected chi connectivity index (χ3v) is 3.52. The van der Waals surface area contributed by atoms with E-state index in [9.17, 15) is 0 Å². The van der Waals surface area contributed by atoms with Crippen molar-refractivity contribution in [2.45, 2.75) is 19.9 Å². The van der Waals surface area contributed by atoms with Crippen molar-refractivity contribution in [3.63, 3.8) is 0 Å². The van der Waals surface area contributed by atoms with Gasteiger partial charge in [-0.05, 0) is 40.9 Å². The zero-order valence-electron chi connectivity index (χ0n) is 11.2. The van der Waals surface area contributed by atoms with Crippen LogP contribution in [0.1, 0.15) is 17.7 Å². The van der Waals surface area contributed by atoms with Gasteiger partial charge in [0.05, 0.1) is 12.2 Å². The molecule has 0 radical (unpaired) electrons. The minimum Gasteiger partial charge on any atom is -0.356 e. The van der Waals surface area contributed by atoms with Crippen LogP contribution in [0.3, 0.4) is 0 Å². The lowest BCUT2D eigenvalue weighted by Crippen LogP contribution is -2.40. The zero-order valence-corrected chi connectivity index (χ0v) is 15.1.